The highest BCUT2D eigenvalue weighted by molar-refractivity contribution is 7.98. The molecule has 1 aromatic carbocycles. The molecular formula is C11H14O2S. The summed E-state index contributed by atoms with van der Waals surface area (Å²) in [4.78, 5) is 11.0. The van der Waals surface area contributed by atoms with Crippen molar-refractivity contribution in [3.8, 4) is 0 Å². The van der Waals surface area contributed by atoms with Crippen molar-refractivity contribution in [2.24, 2.45) is 0 Å². The van der Waals surface area contributed by atoms with Crippen LogP contribution in [0.5, 0.6) is 0 Å². The third-order valence-corrected chi connectivity index (χ3v) is 2.74. The lowest BCUT2D eigenvalue weighted by Gasteiger charge is -2.11. The van der Waals surface area contributed by atoms with E-state index >= 15 is 0 Å². The van der Waals surface area contributed by atoms with Crippen molar-refractivity contribution >= 4 is 17.7 Å². The lowest BCUT2D eigenvalue weighted by Crippen LogP contribution is -2.14. The molecule has 0 heterocycles. The number of aryl methyl sites for hydroxylation is 1. The average molecular weight is 210 g/mol. The second-order valence-electron chi connectivity index (χ2n) is 3.26. The summed E-state index contributed by atoms with van der Waals surface area (Å²) < 4.78 is 0. The van der Waals surface area contributed by atoms with Gasteiger partial charge in [0.2, 0.25) is 0 Å². The largest absolute Gasteiger partial charge is 0.481 e. The average Bonchev–Trinajstić information content (AvgIpc) is 2.13. The smallest absolute Gasteiger partial charge is 0.311 e. The van der Waals surface area contributed by atoms with E-state index in [0.717, 1.165) is 11.1 Å². The molecule has 0 aliphatic rings. The number of benzene rings is 1. The quantitative estimate of drug-likeness (QED) is 0.829. The van der Waals surface area contributed by atoms with Crippen LogP contribution in [0.2, 0.25) is 0 Å². The summed E-state index contributed by atoms with van der Waals surface area (Å²) in [7, 11) is 0. The Labute approximate surface area is 88.3 Å². The number of hydrogen-bond donors (Lipinski definition) is 1. The fourth-order valence-electron chi connectivity index (χ4n) is 1.36. The first-order valence-corrected chi connectivity index (χ1v) is 5.83. The van der Waals surface area contributed by atoms with Crippen LogP contribution >= 0.6 is 11.8 Å². The van der Waals surface area contributed by atoms with Crippen molar-refractivity contribution in [3.63, 3.8) is 0 Å². The molecule has 0 spiro atoms. The van der Waals surface area contributed by atoms with Crippen LogP contribution in [0.25, 0.3) is 0 Å². The number of carboxylic acids is 1. The van der Waals surface area contributed by atoms with E-state index in [1.165, 1.54) is 0 Å². The summed E-state index contributed by atoms with van der Waals surface area (Å²) in [5.41, 5.74) is 2.00. The minimum Gasteiger partial charge on any atom is -0.481 e. The lowest BCUT2D eigenvalue weighted by atomic mass is 9.99. The Hall–Kier alpha value is -0.960. The summed E-state index contributed by atoms with van der Waals surface area (Å²) in [6.45, 7) is 1.97. The minimum atomic E-state index is -0.745. The molecule has 1 unspecified atom stereocenters. The number of thioether (sulfide) groups is 1. The summed E-state index contributed by atoms with van der Waals surface area (Å²) in [6.07, 6.45) is 1.92. The molecule has 1 aromatic rings. The van der Waals surface area contributed by atoms with Crippen LogP contribution in [0, 0.1) is 6.92 Å². The van der Waals surface area contributed by atoms with Crippen molar-refractivity contribution in [2.75, 3.05) is 12.0 Å². The molecule has 0 bridgehead atoms. The van der Waals surface area contributed by atoms with Crippen LogP contribution < -0.4 is 0 Å². The van der Waals surface area contributed by atoms with E-state index in [0.29, 0.717) is 5.75 Å². The van der Waals surface area contributed by atoms with Crippen LogP contribution in [0.1, 0.15) is 17.0 Å². The number of aliphatic carboxylic acids is 1. The summed E-state index contributed by atoms with van der Waals surface area (Å²) >= 11 is 1.56. The molecule has 1 rings (SSSR count). The Morgan fingerprint density at radius 3 is 2.79 bits per heavy atom. The summed E-state index contributed by atoms with van der Waals surface area (Å²) in [6, 6.07) is 7.69. The second-order valence-corrected chi connectivity index (χ2v) is 4.17. The maximum Gasteiger partial charge on any atom is 0.311 e. The van der Waals surface area contributed by atoms with Gasteiger partial charge in [0.15, 0.2) is 0 Å². The predicted molar refractivity (Wildman–Crippen MR) is 59.9 cm³/mol. The van der Waals surface area contributed by atoms with Crippen molar-refractivity contribution in [1.82, 2.24) is 0 Å². The van der Waals surface area contributed by atoms with Gasteiger partial charge in [-0.3, -0.25) is 4.79 Å². The zero-order valence-electron chi connectivity index (χ0n) is 8.36. The van der Waals surface area contributed by atoms with Crippen LogP contribution in [-0.2, 0) is 4.79 Å². The van der Waals surface area contributed by atoms with Gasteiger partial charge in [0, 0.05) is 5.75 Å². The third kappa shape index (κ3) is 2.77. The van der Waals surface area contributed by atoms with Gasteiger partial charge in [-0.15, -0.1) is 0 Å². The maximum absolute atomic E-state index is 11.0. The molecule has 0 aromatic heterocycles. The predicted octanol–water partition coefficient (Wildman–Crippen LogP) is 2.53. The molecule has 0 amide bonds. The first-order valence-electron chi connectivity index (χ1n) is 4.43. The van der Waals surface area contributed by atoms with Crippen molar-refractivity contribution in [1.29, 1.82) is 0 Å². The SMILES string of the molecule is CSCC(C(=O)O)c1cccc(C)c1. The minimum absolute atomic E-state index is 0.384. The number of carboxylic acid groups (broad SMARTS) is 1. The van der Waals surface area contributed by atoms with Crippen LogP contribution in [-0.4, -0.2) is 23.1 Å². The van der Waals surface area contributed by atoms with Gasteiger partial charge in [-0.2, -0.15) is 11.8 Å². The second kappa shape index (κ2) is 5.05. The highest BCUT2D eigenvalue weighted by Crippen LogP contribution is 2.20. The number of hydrogen-bond acceptors (Lipinski definition) is 2. The van der Waals surface area contributed by atoms with Gasteiger partial charge in [0.25, 0.3) is 0 Å². The molecule has 0 saturated carbocycles. The van der Waals surface area contributed by atoms with Crippen LogP contribution in [0.3, 0.4) is 0 Å². The highest BCUT2D eigenvalue weighted by Gasteiger charge is 2.18. The molecule has 2 nitrogen and oxygen atoms in total. The molecule has 0 aliphatic heterocycles. The molecule has 14 heavy (non-hydrogen) atoms. The van der Waals surface area contributed by atoms with E-state index in [9.17, 15) is 4.79 Å². The van der Waals surface area contributed by atoms with E-state index in [4.69, 9.17) is 5.11 Å². The molecule has 1 N–H and O–H groups in total. The lowest BCUT2D eigenvalue weighted by molar-refractivity contribution is -0.138. The Balaban J connectivity index is 2.93. The molecule has 0 saturated heterocycles. The highest BCUT2D eigenvalue weighted by atomic mass is 32.2. The Morgan fingerprint density at radius 2 is 2.29 bits per heavy atom. The van der Waals surface area contributed by atoms with Crippen molar-refractivity contribution < 1.29 is 9.90 Å². The zero-order chi connectivity index (χ0) is 10.6. The maximum atomic E-state index is 11.0. The molecule has 1 atom stereocenters. The first-order chi connectivity index (χ1) is 6.65. The molecule has 3 heteroatoms. The van der Waals surface area contributed by atoms with Crippen LogP contribution in [0.15, 0.2) is 24.3 Å². The molecular weight excluding hydrogens is 196 g/mol. The van der Waals surface area contributed by atoms with E-state index < -0.39 is 5.97 Å². The summed E-state index contributed by atoms with van der Waals surface area (Å²) in [5, 5.41) is 9.04. The van der Waals surface area contributed by atoms with Crippen molar-refractivity contribution in [2.45, 2.75) is 12.8 Å². The van der Waals surface area contributed by atoms with Crippen LogP contribution in [0.4, 0.5) is 0 Å². The fraction of sp³-hybridized carbons (Fsp3) is 0.364. The van der Waals surface area contributed by atoms with E-state index in [-0.39, 0.29) is 5.92 Å². The first kappa shape index (κ1) is 11.1. The van der Waals surface area contributed by atoms with Gasteiger partial charge in [0.05, 0.1) is 5.92 Å². The van der Waals surface area contributed by atoms with Gasteiger partial charge in [-0.25, -0.2) is 0 Å². The Morgan fingerprint density at radius 1 is 1.57 bits per heavy atom. The Bertz CT molecular complexity index is 323. The van der Waals surface area contributed by atoms with Gasteiger partial charge < -0.3 is 5.11 Å². The molecule has 0 aliphatic carbocycles. The third-order valence-electron chi connectivity index (χ3n) is 2.08. The van der Waals surface area contributed by atoms with Crippen molar-refractivity contribution in [3.05, 3.63) is 35.4 Å². The van der Waals surface area contributed by atoms with Gasteiger partial charge in [-0.1, -0.05) is 29.8 Å². The number of carbonyl (C=O) groups is 1. The number of rotatable bonds is 4. The standard InChI is InChI=1S/C11H14O2S/c1-8-4-3-5-9(6-8)10(7-14-2)11(12)13/h3-6,10H,7H2,1-2H3,(H,12,13). The van der Waals surface area contributed by atoms with Gasteiger partial charge in [-0.05, 0) is 18.7 Å². The van der Waals surface area contributed by atoms with E-state index in [2.05, 4.69) is 0 Å². The van der Waals surface area contributed by atoms with E-state index in [1.54, 1.807) is 11.8 Å². The normalized spacial score (nSPS) is 12.4. The molecule has 0 fully saturated rings. The van der Waals surface area contributed by atoms with E-state index in [1.807, 2.05) is 37.4 Å². The van der Waals surface area contributed by atoms with Gasteiger partial charge in [0.1, 0.15) is 0 Å². The molecule has 0 radical (unpaired) electrons. The fourth-order valence-corrected chi connectivity index (χ4v) is 2.03. The Kier molecular flexibility index (Phi) is 4.01. The molecule has 76 valence electrons. The zero-order valence-corrected chi connectivity index (χ0v) is 9.17. The monoisotopic (exact) mass is 210 g/mol. The van der Waals surface area contributed by atoms with Gasteiger partial charge >= 0.3 is 5.97 Å². The summed E-state index contributed by atoms with van der Waals surface area (Å²) in [5.74, 6) is -0.506. The topological polar surface area (TPSA) is 37.3 Å².